The highest BCUT2D eigenvalue weighted by atomic mass is 16.6. The van der Waals surface area contributed by atoms with Crippen LogP contribution in [0.1, 0.15) is 58.3 Å². The third-order valence-electron chi connectivity index (χ3n) is 8.30. The molecule has 7 atom stereocenters. The molecule has 0 amide bonds. The number of allylic oxidation sites excluding steroid dienone is 2. The van der Waals surface area contributed by atoms with Gasteiger partial charge >= 0.3 is 0 Å². The minimum Gasteiger partial charge on any atom is -0.399 e. The summed E-state index contributed by atoms with van der Waals surface area (Å²) in [6.45, 7) is 2.13. The third-order valence-corrected chi connectivity index (χ3v) is 8.30. The molecule has 4 rings (SSSR count). The molecule has 0 heterocycles. The first-order chi connectivity index (χ1) is 12.5. The predicted molar refractivity (Wildman–Crippen MR) is 101 cm³/mol. The highest BCUT2D eigenvalue weighted by Gasteiger charge is 2.67. The molecule has 142 valence electrons. The number of hydrogen-bond donors (Lipinski definition) is 2. The molecule has 4 nitrogen and oxygen atoms in total. The Kier molecular flexibility index (Phi) is 4.44. The number of aliphatic hydroxyl groups is 2. The Morgan fingerprint density at radius 1 is 1.31 bits per heavy atom. The minimum absolute atomic E-state index is 0.319. The van der Waals surface area contributed by atoms with Gasteiger partial charge in [-0.3, -0.25) is 0 Å². The van der Waals surface area contributed by atoms with E-state index >= 15 is 0 Å². The van der Waals surface area contributed by atoms with E-state index in [4.69, 9.17) is 11.3 Å². The van der Waals surface area contributed by atoms with Crippen LogP contribution in [0.15, 0.2) is 16.8 Å². The van der Waals surface area contributed by atoms with Crippen LogP contribution in [0.2, 0.25) is 0 Å². The molecule has 0 spiro atoms. The second-order valence-electron chi connectivity index (χ2n) is 8.81. The topological polar surface area (TPSA) is 62.0 Å². The molecule has 0 aromatic carbocycles. The van der Waals surface area contributed by atoms with Crippen LogP contribution in [0.25, 0.3) is 0 Å². The Bertz CT molecular complexity index is 677. The molecule has 4 aliphatic carbocycles. The van der Waals surface area contributed by atoms with Gasteiger partial charge in [0.1, 0.15) is 7.11 Å². The Morgan fingerprint density at radius 2 is 2.12 bits per heavy atom. The first kappa shape index (κ1) is 18.1. The van der Waals surface area contributed by atoms with Crippen molar-refractivity contribution in [2.24, 2.45) is 34.2 Å². The third kappa shape index (κ3) is 2.26. The van der Waals surface area contributed by atoms with Crippen molar-refractivity contribution in [3.63, 3.8) is 0 Å². The van der Waals surface area contributed by atoms with Gasteiger partial charge < -0.3 is 15.1 Å². The zero-order valence-electron chi connectivity index (χ0n) is 15.9. The van der Waals surface area contributed by atoms with Gasteiger partial charge in [-0.25, -0.2) is 0 Å². The van der Waals surface area contributed by atoms with Crippen LogP contribution in [0.4, 0.5) is 0 Å². The molecular weight excluding hydrogens is 326 g/mol. The van der Waals surface area contributed by atoms with Crippen molar-refractivity contribution in [2.45, 2.75) is 70.0 Å². The fraction of sp³-hybridized carbons (Fsp3) is 0.773. The normalized spacial score (nSPS) is 48.8. The molecule has 3 fully saturated rings. The lowest BCUT2D eigenvalue weighted by Gasteiger charge is -2.55. The van der Waals surface area contributed by atoms with Gasteiger partial charge in [0.15, 0.2) is 5.60 Å². The second-order valence-corrected chi connectivity index (χ2v) is 8.81. The molecule has 0 bridgehead atoms. The Labute approximate surface area is 156 Å². The largest absolute Gasteiger partial charge is 0.399 e. The first-order valence-corrected chi connectivity index (χ1v) is 10.2. The van der Waals surface area contributed by atoms with Gasteiger partial charge in [0.2, 0.25) is 0 Å². The smallest absolute Gasteiger partial charge is 0.156 e. The number of fused-ring (bicyclic) bond motifs is 5. The summed E-state index contributed by atoms with van der Waals surface area (Å²) < 4.78 is 0. The second kappa shape index (κ2) is 6.39. The molecule has 4 heteroatoms. The summed E-state index contributed by atoms with van der Waals surface area (Å²) in [7, 11) is 1.61. The van der Waals surface area contributed by atoms with E-state index in [-0.39, 0.29) is 5.41 Å². The molecule has 0 saturated heterocycles. The summed E-state index contributed by atoms with van der Waals surface area (Å²) in [6, 6.07) is 0. The van der Waals surface area contributed by atoms with Crippen LogP contribution in [0.3, 0.4) is 0 Å². The van der Waals surface area contributed by atoms with Crippen LogP contribution in [-0.4, -0.2) is 34.7 Å². The van der Waals surface area contributed by atoms with E-state index in [1.807, 2.05) is 0 Å². The summed E-state index contributed by atoms with van der Waals surface area (Å²) in [5.74, 6) is 4.78. The van der Waals surface area contributed by atoms with Crippen molar-refractivity contribution in [3.05, 3.63) is 11.6 Å². The number of aliphatic hydroxyl groups excluding tert-OH is 1. The van der Waals surface area contributed by atoms with Gasteiger partial charge in [-0.2, -0.15) is 0 Å². The van der Waals surface area contributed by atoms with E-state index in [1.54, 1.807) is 7.11 Å². The molecule has 0 aromatic heterocycles. The zero-order valence-corrected chi connectivity index (χ0v) is 15.9. The highest BCUT2D eigenvalue weighted by Crippen LogP contribution is 2.66. The molecule has 7 unspecified atom stereocenters. The predicted octanol–water partition coefficient (Wildman–Crippen LogP) is 3.29. The van der Waals surface area contributed by atoms with E-state index < -0.39 is 11.7 Å². The van der Waals surface area contributed by atoms with Gasteiger partial charge in [-0.15, -0.1) is 6.42 Å². The Balaban J connectivity index is 1.65. The van der Waals surface area contributed by atoms with E-state index in [0.29, 0.717) is 30.1 Å². The molecule has 4 aliphatic rings. The van der Waals surface area contributed by atoms with Crippen LogP contribution >= 0.6 is 0 Å². The monoisotopic (exact) mass is 357 g/mol. The molecule has 0 aromatic rings. The minimum atomic E-state index is -1.36. The number of rotatable bonds is 2. The number of nitrogens with zero attached hydrogens (tertiary/aromatic N) is 1. The van der Waals surface area contributed by atoms with Crippen molar-refractivity contribution >= 4 is 5.71 Å². The Hall–Kier alpha value is -1.31. The van der Waals surface area contributed by atoms with Gasteiger partial charge in [-0.05, 0) is 81.1 Å². The van der Waals surface area contributed by atoms with Gasteiger partial charge in [0, 0.05) is 5.41 Å². The zero-order chi connectivity index (χ0) is 18.5. The van der Waals surface area contributed by atoms with Crippen LogP contribution in [0.5, 0.6) is 0 Å². The van der Waals surface area contributed by atoms with Crippen molar-refractivity contribution in [3.8, 4) is 12.3 Å². The number of terminal acetylenes is 1. The molecule has 3 saturated carbocycles. The van der Waals surface area contributed by atoms with Crippen molar-refractivity contribution < 1.29 is 15.1 Å². The average molecular weight is 357 g/mol. The fourth-order valence-electron chi connectivity index (χ4n) is 7.16. The molecule has 0 aliphatic heterocycles. The molecular formula is C22H31NO3. The SMILES string of the molecule is C#CC1(O)C(O)CC2C3CCC4=C/C(=N/OC)CCC4C3CCC21CC. The van der Waals surface area contributed by atoms with Crippen molar-refractivity contribution in [1.82, 2.24) is 0 Å². The summed E-state index contributed by atoms with van der Waals surface area (Å²) in [5, 5.41) is 26.0. The van der Waals surface area contributed by atoms with Gasteiger partial charge in [0.25, 0.3) is 0 Å². The summed E-state index contributed by atoms with van der Waals surface area (Å²) in [5.41, 5.74) is 0.913. The Morgan fingerprint density at radius 3 is 2.81 bits per heavy atom. The lowest BCUT2D eigenvalue weighted by Crippen LogP contribution is -2.55. The maximum Gasteiger partial charge on any atom is 0.156 e. The van der Waals surface area contributed by atoms with Crippen molar-refractivity contribution in [1.29, 1.82) is 0 Å². The van der Waals surface area contributed by atoms with E-state index in [1.165, 1.54) is 5.57 Å². The lowest BCUT2D eigenvalue weighted by atomic mass is 9.49. The highest BCUT2D eigenvalue weighted by molar-refractivity contribution is 5.96. The fourth-order valence-corrected chi connectivity index (χ4v) is 7.16. The van der Waals surface area contributed by atoms with Crippen LogP contribution in [0, 0.1) is 41.4 Å². The molecule has 2 N–H and O–H groups in total. The molecule has 0 radical (unpaired) electrons. The summed E-state index contributed by atoms with van der Waals surface area (Å²) >= 11 is 0. The maximum atomic E-state index is 11.2. The summed E-state index contributed by atoms with van der Waals surface area (Å²) in [4.78, 5) is 4.97. The van der Waals surface area contributed by atoms with Gasteiger partial charge in [0.05, 0.1) is 11.8 Å². The quantitative estimate of drug-likeness (QED) is 0.589. The van der Waals surface area contributed by atoms with Crippen LogP contribution in [-0.2, 0) is 4.84 Å². The first-order valence-electron chi connectivity index (χ1n) is 10.2. The van der Waals surface area contributed by atoms with Crippen LogP contribution < -0.4 is 0 Å². The number of hydrogen-bond acceptors (Lipinski definition) is 4. The standard InChI is InChI=1S/C22H31NO3/c1-4-21-11-10-17-16-9-7-15(23-26-3)12-14(16)6-8-18(17)19(21)13-20(24)22(21,25)5-2/h2,12,16-20,24-25H,4,6-11,13H2,1,3H3/b23-15+. The van der Waals surface area contributed by atoms with Gasteiger partial charge in [-0.1, -0.05) is 23.6 Å². The molecule has 26 heavy (non-hydrogen) atoms. The van der Waals surface area contributed by atoms with E-state index in [2.05, 4.69) is 24.1 Å². The van der Waals surface area contributed by atoms with E-state index in [9.17, 15) is 10.2 Å². The number of oxime groups is 1. The van der Waals surface area contributed by atoms with E-state index in [0.717, 1.165) is 50.7 Å². The maximum absolute atomic E-state index is 11.2. The summed E-state index contributed by atoms with van der Waals surface area (Å²) in [6.07, 6.45) is 15.1. The van der Waals surface area contributed by atoms with Crippen molar-refractivity contribution in [2.75, 3.05) is 7.11 Å². The average Bonchev–Trinajstić information content (AvgIpc) is 2.90. The lowest BCUT2D eigenvalue weighted by molar-refractivity contribution is -0.123.